The van der Waals surface area contributed by atoms with E-state index in [1.54, 1.807) is 19.2 Å². The zero-order valence-electron chi connectivity index (χ0n) is 10.6. The number of halogens is 2. The van der Waals surface area contributed by atoms with Gasteiger partial charge in [-0.3, -0.25) is 4.57 Å². The summed E-state index contributed by atoms with van der Waals surface area (Å²) in [7, 11) is 1.61. The number of hydrogen-bond acceptors (Lipinski definition) is 3. The third kappa shape index (κ3) is 2.13. The number of hydrogen-bond donors (Lipinski definition) is 1. The van der Waals surface area contributed by atoms with Crippen LogP contribution in [0.2, 0.25) is 5.02 Å². The molecule has 0 saturated heterocycles. The maximum atomic E-state index is 6.29. The summed E-state index contributed by atoms with van der Waals surface area (Å²) in [5, 5.41) is 0.580. The lowest BCUT2D eigenvalue weighted by molar-refractivity contribution is 0.414. The van der Waals surface area contributed by atoms with E-state index < -0.39 is 0 Å². The number of anilines is 1. The predicted octanol–water partition coefficient (Wildman–Crippen LogP) is 4.03. The lowest BCUT2D eigenvalue weighted by Crippen LogP contribution is -2.01. The van der Waals surface area contributed by atoms with Gasteiger partial charge in [0.05, 0.1) is 28.9 Å². The molecule has 0 atom stereocenters. The van der Waals surface area contributed by atoms with Crippen molar-refractivity contribution < 1.29 is 4.74 Å². The summed E-state index contributed by atoms with van der Waals surface area (Å²) < 4.78 is 8.00. The number of nitrogens with zero attached hydrogens (tertiary/aromatic N) is 2. The largest absolute Gasteiger partial charge is 0.497 e. The van der Waals surface area contributed by atoms with Gasteiger partial charge in [0.2, 0.25) is 5.95 Å². The summed E-state index contributed by atoms with van der Waals surface area (Å²) in [4.78, 5) is 4.35. The Morgan fingerprint density at radius 2 is 2.05 bits per heavy atom. The molecule has 0 unspecified atom stereocenters. The van der Waals surface area contributed by atoms with Crippen molar-refractivity contribution in [3.8, 4) is 11.4 Å². The van der Waals surface area contributed by atoms with E-state index in [-0.39, 0.29) is 0 Å². The number of rotatable bonds is 2. The third-order valence-corrected chi connectivity index (χ3v) is 3.85. The molecule has 1 aromatic heterocycles. The Hall–Kier alpha value is -1.72. The monoisotopic (exact) mass is 351 g/mol. The Morgan fingerprint density at radius 1 is 1.25 bits per heavy atom. The van der Waals surface area contributed by atoms with Crippen LogP contribution in [0.15, 0.2) is 40.9 Å². The van der Waals surface area contributed by atoms with Gasteiger partial charge in [0.15, 0.2) is 0 Å². The molecule has 0 radical (unpaired) electrons. The number of imidazole rings is 1. The van der Waals surface area contributed by atoms with Crippen molar-refractivity contribution in [3.63, 3.8) is 0 Å². The minimum atomic E-state index is 0.383. The van der Waals surface area contributed by atoms with Crippen molar-refractivity contribution in [2.75, 3.05) is 12.8 Å². The standard InChI is InChI=1S/C14H11BrClN3O/c1-20-9-3-4-10(16)12(7-9)19-13-6-8(15)2-5-11(13)18-14(19)17/h2-7H,1H3,(H2,17,18). The molecule has 0 aliphatic carbocycles. The highest BCUT2D eigenvalue weighted by molar-refractivity contribution is 9.10. The average Bonchev–Trinajstić information content (AvgIpc) is 2.75. The molecule has 0 fully saturated rings. The molecule has 0 aliphatic rings. The summed E-state index contributed by atoms with van der Waals surface area (Å²) in [5.41, 5.74) is 8.46. The van der Waals surface area contributed by atoms with Crippen LogP contribution in [0.3, 0.4) is 0 Å². The summed E-state index contributed by atoms with van der Waals surface area (Å²) in [6, 6.07) is 11.2. The van der Waals surface area contributed by atoms with E-state index in [4.69, 9.17) is 22.1 Å². The summed E-state index contributed by atoms with van der Waals surface area (Å²) in [5.74, 6) is 1.09. The smallest absolute Gasteiger partial charge is 0.205 e. The fraction of sp³-hybridized carbons (Fsp3) is 0.0714. The van der Waals surface area contributed by atoms with E-state index >= 15 is 0 Å². The van der Waals surface area contributed by atoms with Crippen LogP contribution in [-0.4, -0.2) is 16.7 Å². The van der Waals surface area contributed by atoms with Gasteiger partial charge in [-0.25, -0.2) is 4.98 Å². The molecule has 3 rings (SSSR count). The Labute approximate surface area is 129 Å². The van der Waals surface area contributed by atoms with Crippen LogP contribution >= 0.6 is 27.5 Å². The molecule has 4 nitrogen and oxygen atoms in total. The predicted molar refractivity (Wildman–Crippen MR) is 84.7 cm³/mol. The van der Waals surface area contributed by atoms with Gasteiger partial charge in [0, 0.05) is 10.5 Å². The van der Waals surface area contributed by atoms with Crippen molar-refractivity contribution in [2.24, 2.45) is 0 Å². The van der Waals surface area contributed by atoms with Gasteiger partial charge >= 0.3 is 0 Å². The number of benzene rings is 2. The van der Waals surface area contributed by atoms with Gasteiger partial charge in [-0.05, 0) is 30.3 Å². The van der Waals surface area contributed by atoms with Crippen LogP contribution in [0.4, 0.5) is 5.95 Å². The van der Waals surface area contributed by atoms with Gasteiger partial charge in [-0.2, -0.15) is 0 Å². The number of fused-ring (bicyclic) bond motifs is 1. The molecule has 0 spiro atoms. The van der Waals surface area contributed by atoms with Gasteiger partial charge in [-0.1, -0.05) is 27.5 Å². The molecule has 102 valence electrons. The molecule has 2 N–H and O–H groups in total. The molecule has 1 heterocycles. The normalized spacial score (nSPS) is 10.9. The Morgan fingerprint density at radius 3 is 2.80 bits per heavy atom. The second-order valence-corrected chi connectivity index (χ2v) is 5.58. The SMILES string of the molecule is COc1ccc(Cl)c(-n2c(N)nc3ccc(Br)cc32)c1. The summed E-state index contributed by atoms with van der Waals surface area (Å²) >= 11 is 9.74. The van der Waals surface area contributed by atoms with E-state index in [2.05, 4.69) is 20.9 Å². The van der Waals surface area contributed by atoms with Gasteiger partial charge in [0.25, 0.3) is 0 Å². The lowest BCUT2D eigenvalue weighted by atomic mass is 10.2. The number of nitrogens with two attached hydrogens (primary N) is 1. The molecular formula is C14H11BrClN3O. The van der Waals surface area contributed by atoms with Crippen LogP contribution in [0.25, 0.3) is 16.7 Å². The number of nitrogen functional groups attached to an aromatic ring is 1. The van der Waals surface area contributed by atoms with Crippen LogP contribution in [0.1, 0.15) is 0 Å². The summed E-state index contributed by atoms with van der Waals surface area (Å²) in [6.07, 6.45) is 0. The molecule has 0 saturated carbocycles. The van der Waals surface area contributed by atoms with Crippen LogP contribution in [0.5, 0.6) is 5.75 Å². The summed E-state index contributed by atoms with van der Waals surface area (Å²) in [6.45, 7) is 0. The van der Waals surface area contributed by atoms with E-state index in [0.29, 0.717) is 16.7 Å². The highest BCUT2D eigenvalue weighted by Crippen LogP contribution is 2.31. The zero-order chi connectivity index (χ0) is 14.3. The van der Waals surface area contributed by atoms with E-state index in [0.717, 1.165) is 21.2 Å². The number of ether oxygens (including phenoxy) is 1. The first-order valence-electron chi connectivity index (χ1n) is 5.87. The second-order valence-electron chi connectivity index (χ2n) is 4.26. The van der Waals surface area contributed by atoms with Crippen molar-refractivity contribution in [1.29, 1.82) is 0 Å². The topological polar surface area (TPSA) is 53.1 Å². The molecule has 3 aromatic rings. The Balaban J connectivity index is 2.34. The maximum absolute atomic E-state index is 6.29. The molecule has 20 heavy (non-hydrogen) atoms. The van der Waals surface area contributed by atoms with Crippen molar-refractivity contribution >= 4 is 44.5 Å². The van der Waals surface area contributed by atoms with Gasteiger partial charge < -0.3 is 10.5 Å². The Bertz CT molecular complexity index is 800. The minimum Gasteiger partial charge on any atom is -0.497 e. The highest BCUT2D eigenvalue weighted by Gasteiger charge is 2.13. The first-order chi connectivity index (χ1) is 9.60. The minimum absolute atomic E-state index is 0.383. The molecule has 0 bridgehead atoms. The quantitative estimate of drug-likeness (QED) is 0.757. The van der Waals surface area contributed by atoms with Crippen molar-refractivity contribution in [3.05, 3.63) is 45.9 Å². The fourth-order valence-corrected chi connectivity index (χ4v) is 2.66. The van der Waals surface area contributed by atoms with Crippen LogP contribution < -0.4 is 10.5 Å². The van der Waals surface area contributed by atoms with Gasteiger partial charge in [-0.15, -0.1) is 0 Å². The van der Waals surface area contributed by atoms with Gasteiger partial charge in [0.1, 0.15) is 5.75 Å². The van der Waals surface area contributed by atoms with E-state index in [1.807, 2.05) is 28.8 Å². The van der Waals surface area contributed by atoms with Crippen molar-refractivity contribution in [2.45, 2.75) is 0 Å². The van der Waals surface area contributed by atoms with Crippen LogP contribution in [0, 0.1) is 0 Å². The fourth-order valence-electron chi connectivity index (χ4n) is 2.11. The molecule has 0 aliphatic heterocycles. The first-order valence-corrected chi connectivity index (χ1v) is 7.04. The number of methoxy groups -OCH3 is 1. The average molecular weight is 353 g/mol. The lowest BCUT2D eigenvalue weighted by Gasteiger charge is -2.10. The molecule has 6 heteroatoms. The van der Waals surface area contributed by atoms with Crippen molar-refractivity contribution in [1.82, 2.24) is 9.55 Å². The Kier molecular flexibility index (Phi) is 3.31. The second kappa shape index (κ2) is 5.00. The first kappa shape index (κ1) is 13.3. The number of aromatic nitrogens is 2. The zero-order valence-corrected chi connectivity index (χ0v) is 12.9. The molecule has 0 amide bonds. The van der Waals surface area contributed by atoms with E-state index in [9.17, 15) is 0 Å². The van der Waals surface area contributed by atoms with E-state index in [1.165, 1.54) is 0 Å². The molecular weight excluding hydrogens is 342 g/mol. The highest BCUT2D eigenvalue weighted by atomic mass is 79.9. The molecule has 2 aromatic carbocycles. The maximum Gasteiger partial charge on any atom is 0.205 e. The van der Waals surface area contributed by atoms with Crippen LogP contribution in [-0.2, 0) is 0 Å². The third-order valence-electron chi connectivity index (χ3n) is 3.04.